The third-order valence-corrected chi connectivity index (χ3v) is 4.96. The first-order valence-electron chi connectivity index (χ1n) is 6.21. The lowest BCUT2D eigenvalue weighted by Crippen LogP contribution is -2.48. The molecule has 2 rings (SSSR count). The predicted octanol–water partition coefficient (Wildman–Crippen LogP) is 1.91. The van der Waals surface area contributed by atoms with Crippen LogP contribution in [0.25, 0.3) is 0 Å². The Morgan fingerprint density at radius 3 is 3.06 bits per heavy atom. The number of hydrogen-bond donors (Lipinski definition) is 1. The van der Waals surface area contributed by atoms with Gasteiger partial charge in [0.15, 0.2) is 0 Å². The van der Waals surface area contributed by atoms with Crippen molar-refractivity contribution in [2.45, 2.75) is 31.2 Å². The van der Waals surface area contributed by atoms with Crippen molar-refractivity contribution in [2.24, 2.45) is 5.73 Å². The van der Waals surface area contributed by atoms with E-state index in [0.717, 1.165) is 6.54 Å². The molecule has 0 aromatic carbocycles. The molecule has 0 bridgehead atoms. The van der Waals surface area contributed by atoms with Gasteiger partial charge in [0.2, 0.25) is 0 Å². The Morgan fingerprint density at radius 1 is 1.59 bits per heavy atom. The second-order valence-electron chi connectivity index (χ2n) is 4.59. The minimum atomic E-state index is 0.307. The molecule has 2 heterocycles. The average Bonchev–Trinajstić information content (AvgIpc) is 2.37. The van der Waals surface area contributed by atoms with Crippen molar-refractivity contribution in [3.63, 3.8) is 0 Å². The van der Waals surface area contributed by atoms with E-state index in [1.807, 2.05) is 18.5 Å². The normalized spacial score (nSPS) is 27.9. The van der Waals surface area contributed by atoms with Crippen LogP contribution in [0.15, 0.2) is 24.5 Å². The number of pyridine rings is 1. The van der Waals surface area contributed by atoms with Crippen molar-refractivity contribution in [1.29, 1.82) is 0 Å². The summed E-state index contributed by atoms with van der Waals surface area (Å²) < 4.78 is 0. The van der Waals surface area contributed by atoms with Gasteiger partial charge >= 0.3 is 0 Å². The maximum atomic E-state index is 5.97. The highest BCUT2D eigenvalue weighted by molar-refractivity contribution is 8.00. The summed E-state index contributed by atoms with van der Waals surface area (Å²) >= 11 is 2.05. The summed E-state index contributed by atoms with van der Waals surface area (Å²) in [6.07, 6.45) is 3.76. The summed E-state index contributed by atoms with van der Waals surface area (Å²) in [5, 5.41) is 0.675. The van der Waals surface area contributed by atoms with Gasteiger partial charge in [-0.05, 0) is 18.6 Å². The van der Waals surface area contributed by atoms with Gasteiger partial charge in [0, 0.05) is 48.6 Å². The van der Waals surface area contributed by atoms with E-state index in [9.17, 15) is 0 Å². The lowest BCUT2D eigenvalue weighted by Gasteiger charge is -2.42. The van der Waals surface area contributed by atoms with E-state index in [2.05, 4.69) is 41.6 Å². The van der Waals surface area contributed by atoms with Gasteiger partial charge in [0.1, 0.15) is 0 Å². The zero-order chi connectivity index (χ0) is 12.3. The minimum absolute atomic E-state index is 0.307. The standard InChI is InChI=1S/C13H21N3S/c1-10-11(2)17-7-6-16(10)13(8-14)12-4-3-5-15-9-12/h3-5,9-11,13H,6-8,14H2,1-2H3. The number of rotatable bonds is 3. The Kier molecular flexibility index (Phi) is 4.42. The van der Waals surface area contributed by atoms with Gasteiger partial charge in [-0.2, -0.15) is 11.8 Å². The Morgan fingerprint density at radius 2 is 2.41 bits per heavy atom. The molecule has 0 saturated carbocycles. The zero-order valence-electron chi connectivity index (χ0n) is 10.5. The van der Waals surface area contributed by atoms with Crippen LogP contribution in [0.1, 0.15) is 25.5 Å². The molecule has 0 aliphatic carbocycles. The second-order valence-corrected chi connectivity index (χ2v) is 6.08. The number of thioether (sulfide) groups is 1. The molecular weight excluding hydrogens is 230 g/mol. The smallest absolute Gasteiger partial charge is 0.0489 e. The molecule has 4 heteroatoms. The van der Waals surface area contributed by atoms with E-state index < -0.39 is 0 Å². The summed E-state index contributed by atoms with van der Waals surface area (Å²) in [5.74, 6) is 1.20. The van der Waals surface area contributed by atoms with Crippen molar-refractivity contribution in [3.8, 4) is 0 Å². The van der Waals surface area contributed by atoms with Gasteiger partial charge in [0.25, 0.3) is 0 Å². The summed E-state index contributed by atoms with van der Waals surface area (Å²) in [5.41, 5.74) is 7.20. The highest BCUT2D eigenvalue weighted by Gasteiger charge is 2.30. The molecule has 2 N–H and O–H groups in total. The quantitative estimate of drug-likeness (QED) is 0.891. The van der Waals surface area contributed by atoms with E-state index in [1.54, 1.807) is 0 Å². The molecule has 1 fully saturated rings. The maximum absolute atomic E-state index is 5.97. The fourth-order valence-corrected chi connectivity index (χ4v) is 3.56. The van der Waals surface area contributed by atoms with E-state index >= 15 is 0 Å². The fourth-order valence-electron chi connectivity index (χ4n) is 2.43. The average molecular weight is 251 g/mol. The van der Waals surface area contributed by atoms with Crippen molar-refractivity contribution in [3.05, 3.63) is 30.1 Å². The molecule has 0 radical (unpaired) electrons. The molecule has 3 nitrogen and oxygen atoms in total. The maximum Gasteiger partial charge on any atom is 0.0489 e. The third kappa shape index (κ3) is 2.81. The molecule has 3 unspecified atom stereocenters. The fraction of sp³-hybridized carbons (Fsp3) is 0.615. The molecule has 3 atom stereocenters. The highest BCUT2D eigenvalue weighted by atomic mass is 32.2. The van der Waals surface area contributed by atoms with E-state index in [4.69, 9.17) is 5.73 Å². The van der Waals surface area contributed by atoms with Crippen LogP contribution in [-0.4, -0.2) is 40.0 Å². The Bertz CT molecular complexity index is 344. The molecule has 1 aliphatic rings. The van der Waals surface area contributed by atoms with Gasteiger partial charge in [-0.3, -0.25) is 9.88 Å². The minimum Gasteiger partial charge on any atom is -0.329 e. The summed E-state index contributed by atoms with van der Waals surface area (Å²) in [6, 6.07) is 5.00. The molecule has 1 aromatic rings. The number of hydrogen-bond acceptors (Lipinski definition) is 4. The van der Waals surface area contributed by atoms with Crippen LogP contribution >= 0.6 is 11.8 Å². The molecule has 1 saturated heterocycles. The first kappa shape index (κ1) is 12.9. The van der Waals surface area contributed by atoms with Crippen LogP contribution in [0.2, 0.25) is 0 Å². The molecule has 0 spiro atoms. The van der Waals surface area contributed by atoms with Crippen LogP contribution in [0.5, 0.6) is 0 Å². The van der Waals surface area contributed by atoms with Crippen molar-refractivity contribution >= 4 is 11.8 Å². The first-order valence-corrected chi connectivity index (χ1v) is 7.26. The summed E-state index contributed by atoms with van der Waals surface area (Å²) in [6.45, 7) is 6.38. The third-order valence-electron chi connectivity index (χ3n) is 3.63. The van der Waals surface area contributed by atoms with Crippen LogP contribution < -0.4 is 5.73 Å². The predicted molar refractivity (Wildman–Crippen MR) is 74.1 cm³/mol. The van der Waals surface area contributed by atoms with E-state index in [-0.39, 0.29) is 0 Å². The number of nitrogens with zero attached hydrogens (tertiary/aromatic N) is 2. The second kappa shape index (κ2) is 5.85. The lowest BCUT2D eigenvalue weighted by atomic mass is 10.0. The van der Waals surface area contributed by atoms with Crippen LogP contribution in [-0.2, 0) is 0 Å². The zero-order valence-corrected chi connectivity index (χ0v) is 11.4. The Balaban J connectivity index is 2.18. The largest absolute Gasteiger partial charge is 0.329 e. The molecule has 17 heavy (non-hydrogen) atoms. The van der Waals surface area contributed by atoms with Crippen molar-refractivity contribution in [2.75, 3.05) is 18.8 Å². The van der Waals surface area contributed by atoms with Gasteiger partial charge in [-0.15, -0.1) is 0 Å². The summed E-state index contributed by atoms with van der Waals surface area (Å²) in [7, 11) is 0. The Hall–Kier alpha value is -0.580. The lowest BCUT2D eigenvalue weighted by molar-refractivity contribution is 0.150. The molecule has 0 amide bonds. The first-order chi connectivity index (χ1) is 8.24. The summed E-state index contributed by atoms with van der Waals surface area (Å²) in [4.78, 5) is 6.73. The highest BCUT2D eigenvalue weighted by Crippen LogP contribution is 2.30. The number of nitrogens with two attached hydrogens (primary N) is 1. The van der Waals surface area contributed by atoms with Crippen LogP contribution in [0.3, 0.4) is 0 Å². The van der Waals surface area contributed by atoms with Crippen LogP contribution in [0, 0.1) is 0 Å². The van der Waals surface area contributed by atoms with Gasteiger partial charge in [-0.25, -0.2) is 0 Å². The Labute approximate surface area is 108 Å². The number of aromatic nitrogens is 1. The molecule has 1 aliphatic heterocycles. The van der Waals surface area contributed by atoms with Gasteiger partial charge in [-0.1, -0.05) is 13.0 Å². The van der Waals surface area contributed by atoms with Gasteiger partial charge in [0.05, 0.1) is 0 Å². The SMILES string of the molecule is CC1SCCN(C(CN)c2cccnc2)C1C. The van der Waals surface area contributed by atoms with Crippen molar-refractivity contribution in [1.82, 2.24) is 9.88 Å². The van der Waals surface area contributed by atoms with Crippen molar-refractivity contribution < 1.29 is 0 Å². The molecule has 1 aromatic heterocycles. The van der Waals surface area contributed by atoms with Gasteiger partial charge < -0.3 is 5.73 Å². The monoisotopic (exact) mass is 251 g/mol. The molecular formula is C13H21N3S. The van der Waals surface area contributed by atoms with Crippen LogP contribution in [0.4, 0.5) is 0 Å². The topological polar surface area (TPSA) is 42.1 Å². The molecule has 94 valence electrons. The van der Waals surface area contributed by atoms with E-state index in [1.165, 1.54) is 11.3 Å². The van der Waals surface area contributed by atoms with E-state index in [0.29, 0.717) is 23.9 Å².